The lowest BCUT2D eigenvalue weighted by Crippen LogP contribution is -2.46. The van der Waals surface area contributed by atoms with Crippen molar-refractivity contribution in [1.29, 1.82) is 0 Å². The summed E-state index contributed by atoms with van der Waals surface area (Å²) in [7, 11) is 0. The highest BCUT2D eigenvalue weighted by Gasteiger charge is 2.50. The first-order valence-electron chi connectivity index (χ1n) is 8.66. The van der Waals surface area contributed by atoms with Gasteiger partial charge in [-0.3, -0.25) is 0 Å². The van der Waals surface area contributed by atoms with Crippen LogP contribution in [0.2, 0.25) is 0 Å². The Morgan fingerprint density at radius 3 is 2.33 bits per heavy atom. The maximum atomic E-state index is 6.03. The molecule has 2 heteroatoms. The van der Waals surface area contributed by atoms with E-state index < -0.39 is 0 Å². The molecule has 0 aromatic heterocycles. The number of hydrogen-bond acceptors (Lipinski definition) is 2. The van der Waals surface area contributed by atoms with Gasteiger partial charge in [0, 0.05) is 6.54 Å². The van der Waals surface area contributed by atoms with Crippen molar-refractivity contribution in [3.8, 4) is 5.75 Å². The summed E-state index contributed by atoms with van der Waals surface area (Å²) in [5.74, 6) is 4.10. The van der Waals surface area contributed by atoms with Crippen molar-refractivity contribution in [2.24, 2.45) is 28.9 Å². The Bertz CT molecular complexity index is 475. The lowest BCUT2D eigenvalue weighted by atomic mass is 9.49. The van der Waals surface area contributed by atoms with Crippen LogP contribution in [-0.2, 0) is 6.54 Å². The third kappa shape index (κ3) is 2.70. The van der Waals surface area contributed by atoms with E-state index in [1.807, 2.05) is 6.07 Å². The fourth-order valence-electron chi connectivity index (χ4n) is 5.74. The molecule has 0 radical (unpaired) electrons. The van der Waals surface area contributed by atoms with Gasteiger partial charge in [0.15, 0.2) is 0 Å². The fourth-order valence-corrected chi connectivity index (χ4v) is 5.74. The second kappa shape index (κ2) is 5.31. The molecule has 0 aliphatic heterocycles. The van der Waals surface area contributed by atoms with E-state index in [0.29, 0.717) is 12.0 Å². The minimum Gasteiger partial charge on any atom is -0.494 e. The summed E-state index contributed by atoms with van der Waals surface area (Å²) >= 11 is 0. The van der Waals surface area contributed by atoms with Gasteiger partial charge in [-0.15, -0.1) is 0 Å². The molecule has 0 unspecified atom stereocenters. The first kappa shape index (κ1) is 13.6. The summed E-state index contributed by atoms with van der Waals surface area (Å²) in [5, 5.41) is 0. The standard InChI is InChI=1S/C19H27NO/c20-13-14-2-1-3-18(9-14)21-5-4-19-10-15-6-16(11-19)8-17(7-15)12-19/h1-3,9,15-17H,4-8,10-13,20H2. The second-order valence-corrected chi connectivity index (χ2v) is 7.87. The molecule has 4 fully saturated rings. The maximum absolute atomic E-state index is 6.03. The highest BCUT2D eigenvalue weighted by Crippen LogP contribution is 2.61. The van der Waals surface area contributed by atoms with E-state index in [1.165, 1.54) is 44.9 Å². The molecule has 0 spiro atoms. The van der Waals surface area contributed by atoms with Crippen molar-refractivity contribution in [2.75, 3.05) is 6.61 Å². The summed E-state index contributed by atoms with van der Waals surface area (Å²) in [6, 6.07) is 8.24. The predicted octanol–water partition coefficient (Wildman–Crippen LogP) is 4.13. The molecule has 5 rings (SSSR count). The van der Waals surface area contributed by atoms with Crippen molar-refractivity contribution < 1.29 is 4.74 Å². The Balaban J connectivity index is 1.36. The number of benzene rings is 1. The highest BCUT2D eigenvalue weighted by molar-refractivity contribution is 5.28. The minimum absolute atomic E-state index is 0.589. The van der Waals surface area contributed by atoms with Crippen molar-refractivity contribution >= 4 is 0 Å². The molecule has 2 nitrogen and oxygen atoms in total. The Hall–Kier alpha value is -1.02. The molecule has 4 aliphatic rings. The number of nitrogens with two attached hydrogens (primary N) is 1. The average Bonchev–Trinajstić information content (AvgIpc) is 2.46. The smallest absolute Gasteiger partial charge is 0.119 e. The van der Waals surface area contributed by atoms with Crippen LogP contribution >= 0.6 is 0 Å². The van der Waals surface area contributed by atoms with Gasteiger partial charge in [0.2, 0.25) is 0 Å². The van der Waals surface area contributed by atoms with Crippen LogP contribution in [-0.4, -0.2) is 6.61 Å². The van der Waals surface area contributed by atoms with Crippen LogP contribution in [0.3, 0.4) is 0 Å². The average molecular weight is 285 g/mol. The summed E-state index contributed by atoms with van der Waals surface area (Å²) in [5.41, 5.74) is 7.47. The Morgan fingerprint density at radius 2 is 1.71 bits per heavy atom. The molecule has 114 valence electrons. The molecule has 2 N–H and O–H groups in total. The molecule has 4 aliphatic carbocycles. The van der Waals surface area contributed by atoms with Gasteiger partial charge in [-0.25, -0.2) is 0 Å². The number of hydrogen-bond donors (Lipinski definition) is 1. The van der Waals surface area contributed by atoms with Crippen molar-refractivity contribution in [3.63, 3.8) is 0 Å². The van der Waals surface area contributed by atoms with Gasteiger partial charge < -0.3 is 10.5 Å². The molecule has 0 heterocycles. The Kier molecular flexibility index (Phi) is 3.45. The van der Waals surface area contributed by atoms with E-state index in [0.717, 1.165) is 35.7 Å². The van der Waals surface area contributed by atoms with Gasteiger partial charge in [0.05, 0.1) is 6.61 Å². The fraction of sp³-hybridized carbons (Fsp3) is 0.684. The molecule has 4 bridgehead atoms. The van der Waals surface area contributed by atoms with Gasteiger partial charge in [-0.2, -0.15) is 0 Å². The maximum Gasteiger partial charge on any atom is 0.119 e. The summed E-state index contributed by atoms with van der Waals surface area (Å²) in [6.07, 6.45) is 10.3. The Labute approximate surface area is 128 Å². The highest BCUT2D eigenvalue weighted by atomic mass is 16.5. The van der Waals surface area contributed by atoms with Crippen LogP contribution in [0.4, 0.5) is 0 Å². The lowest BCUT2D eigenvalue weighted by molar-refractivity contribution is -0.0622. The number of rotatable bonds is 5. The quantitative estimate of drug-likeness (QED) is 0.883. The van der Waals surface area contributed by atoms with Gasteiger partial charge in [0.1, 0.15) is 5.75 Å². The van der Waals surface area contributed by atoms with Gasteiger partial charge in [-0.05, 0) is 85.8 Å². The first-order chi connectivity index (χ1) is 10.2. The van der Waals surface area contributed by atoms with Crippen molar-refractivity contribution in [2.45, 2.75) is 51.5 Å². The monoisotopic (exact) mass is 285 g/mol. The summed E-state index contributed by atoms with van der Waals surface area (Å²) in [4.78, 5) is 0. The third-order valence-corrected chi connectivity index (χ3v) is 6.20. The zero-order valence-electron chi connectivity index (χ0n) is 12.9. The molecule has 1 aromatic rings. The van der Waals surface area contributed by atoms with Gasteiger partial charge >= 0.3 is 0 Å². The normalized spacial score (nSPS) is 36.9. The second-order valence-electron chi connectivity index (χ2n) is 7.87. The zero-order chi connectivity index (χ0) is 14.3. The van der Waals surface area contributed by atoms with E-state index in [4.69, 9.17) is 10.5 Å². The summed E-state index contributed by atoms with van der Waals surface area (Å²) in [6.45, 7) is 1.46. The van der Waals surface area contributed by atoms with E-state index in [-0.39, 0.29) is 0 Å². The zero-order valence-corrected chi connectivity index (χ0v) is 12.9. The van der Waals surface area contributed by atoms with E-state index in [1.54, 1.807) is 0 Å². The number of ether oxygens (including phenoxy) is 1. The van der Waals surface area contributed by atoms with E-state index >= 15 is 0 Å². The van der Waals surface area contributed by atoms with E-state index in [9.17, 15) is 0 Å². The van der Waals surface area contributed by atoms with Crippen molar-refractivity contribution in [1.82, 2.24) is 0 Å². The van der Waals surface area contributed by atoms with Crippen LogP contribution in [0.5, 0.6) is 5.75 Å². The minimum atomic E-state index is 0.589. The molecule has 0 amide bonds. The predicted molar refractivity (Wildman–Crippen MR) is 85.1 cm³/mol. The summed E-state index contributed by atoms with van der Waals surface area (Å²) < 4.78 is 6.03. The lowest BCUT2D eigenvalue weighted by Gasteiger charge is -2.57. The van der Waals surface area contributed by atoms with Gasteiger partial charge in [-0.1, -0.05) is 12.1 Å². The molecule has 0 atom stereocenters. The van der Waals surface area contributed by atoms with Crippen LogP contribution in [0, 0.1) is 23.2 Å². The topological polar surface area (TPSA) is 35.2 Å². The molecular weight excluding hydrogens is 258 g/mol. The van der Waals surface area contributed by atoms with E-state index in [2.05, 4.69) is 18.2 Å². The molecular formula is C19H27NO. The van der Waals surface area contributed by atoms with Crippen LogP contribution < -0.4 is 10.5 Å². The molecule has 21 heavy (non-hydrogen) atoms. The Morgan fingerprint density at radius 1 is 1.05 bits per heavy atom. The molecule has 4 saturated carbocycles. The van der Waals surface area contributed by atoms with Crippen molar-refractivity contribution in [3.05, 3.63) is 29.8 Å². The first-order valence-corrected chi connectivity index (χ1v) is 8.66. The SMILES string of the molecule is NCc1cccc(OCCC23CC4CC(CC(C4)C2)C3)c1. The van der Waals surface area contributed by atoms with Crippen LogP contribution in [0.1, 0.15) is 50.5 Å². The largest absolute Gasteiger partial charge is 0.494 e. The third-order valence-electron chi connectivity index (χ3n) is 6.20. The molecule has 1 aromatic carbocycles. The molecule has 0 saturated heterocycles. The van der Waals surface area contributed by atoms with Gasteiger partial charge in [0.25, 0.3) is 0 Å². The van der Waals surface area contributed by atoms with Crippen LogP contribution in [0.15, 0.2) is 24.3 Å². The van der Waals surface area contributed by atoms with Crippen LogP contribution in [0.25, 0.3) is 0 Å².